The average molecular weight is 280 g/mol. The van der Waals surface area contributed by atoms with Gasteiger partial charge >= 0.3 is 0 Å². The van der Waals surface area contributed by atoms with Gasteiger partial charge in [-0.25, -0.2) is 4.98 Å². The summed E-state index contributed by atoms with van der Waals surface area (Å²) in [7, 11) is 0. The van der Waals surface area contributed by atoms with E-state index in [0.29, 0.717) is 22.3 Å². The third-order valence-corrected chi connectivity index (χ3v) is 2.68. The Kier molecular flexibility index (Phi) is 4.19. The Morgan fingerprint density at radius 3 is 2.95 bits per heavy atom. The predicted octanol–water partition coefficient (Wildman–Crippen LogP) is 2.02. The minimum atomic E-state index is -0.299. The fourth-order valence-corrected chi connectivity index (χ4v) is 1.72. The second-order valence-corrected chi connectivity index (χ2v) is 4.59. The van der Waals surface area contributed by atoms with Crippen LogP contribution in [0.4, 0.5) is 0 Å². The van der Waals surface area contributed by atoms with Crippen molar-refractivity contribution < 1.29 is 4.74 Å². The van der Waals surface area contributed by atoms with Crippen LogP contribution in [0, 0.1) is 0 Å². The van der Waals surface area contributed by atoms with Crippen molar-refractivity contribution in [2.45, 2.75) is 19.6 Å². The number of nitrogens with one attached hydrogen (secondary N) is 1. The van der Waals surface area contributed by atoms with Crippen LogP contribution in [0.2, 0.25) is 5.02 Å². The van der Waals surface area contributed by atoms with Crippen LogP contribution in [0.1, 0.15) is 24.5 Å². The molecule has 100 valence electrons. The summed E-state index contributed by atoms with van der Waals surface area (Å²) in [6.45, 7) is 1.92. The molecule has 0 saturated carbocycles. The molecule has 2 aromatic rings. The molecule has 1 heterocycles. The van der Waals surface area contributed by atoms with Gasteiger partial charge in [0, 0.05) is 17.1 Å². The van der Waals surface area contributed by atoms with Gasteiger partial charge in [-0.1, -0.05) is 17.7 Å². The molecule has 0 amide bonds. The van der Waals surface area contributed by atoms with Crippen molar-refractivity contribution in [3.63, 3.8) is 0 Å². The number of hydrogen-bond donors (Lipinski definition) is 2. The quantitative estimate of drug-likeness (QED) is 0.897. The molecule has 1 atom stereocenters. The first-order valence-corrected chi connectivity index (χ1v) is 6.16. The Bertz CT molecular complexity index is 625. The topological polar surface area (TPSA) is 81.0 Å². The number of nitrogens with zero attached hydrogens (tertiary/aromatic N) is 1. The maximum Gasteiger partial charge on any atom is 0.251 e. The fourth-order valence-electron chi connectivity index (χ4n) is 1.54. The Morgan fingerprint density at radius 1 is 1.47 bits per heavy atom. The molecule has 0 aliphatic carbocycles. The lowest BCUT2D eigenvalue weighted by molar-refractivity contribution is 0.294. The monoisotopic (exact) mass is 279 g/mol. The van der Waals surface area contributed by atoms with E-state index in [1.54, 1.807) is 31.2 Å². The number of rotatable bonds is 4. The zero-order valence-corrected chi connectivity index (χ0v) is 11.1. The highest BCUT2D eigenvalue weighted by Crippen LogP contribution is 2.17. The molecule has 0 fully saturated rings. The summed E-state index contributed by atoms with van der Waals surface area (Å²) in [4.78, 5) is 18.3. The highest BCUT2D eigenvalue weighted by Gasteiger charge is 2.06. The van der Waals surface area contributed by atoms with Gasteiger partial charge in [0.1, 0.15) is 18.2 Å². The zero-order chi connectivity index (χ0) is 13.8. The molecule has 6 heteroatoms. The molecule has 0 spiro atoms. The molecule has 1 unspecified atom stereocenters. The second-order valence-electron chi connectivity index (χ2n) is 4.15. The number of hydrogen-bond acceptors (Lipinski definition) is 4. The number of aromatic nitrogens is 2. The molecular weight excluding hydrogens is 266 g/mol. The predicted molar refractivity (Wildman–Crippen MR) is 73.2 cm³/mol. The summed E-state index contributed by atoms with van der Waals surface area (Å²) >= 11 is 5.85. The van der Waals surface area contributed by atoms with Crippen LogP contribution in [0.3, 0.4) is 0 Å². The Morgan fingerprint density at radius 2 is 2.26 bits per heavy atom. The van der Waals surface area contributed by atoms with Gasteiger partial charge in [-0.15, -0.1) is 0 Å². The van der Waals surface area contributed by atoms with Crippen LogP contribution in [-0.2, 0) is 6.61 Å². The van der Waals surface area contributed by atoms with Gasteiger partial charge in [0.2, 0.25) is 0 Å². The largest absolute Gasteiger partial charge is 0.486 e. The average Bonchev–Trinajstić information content (AvgIpc) is 2.36. The molecule has 2 rings (SSSR count). The van der Waals surface area contributed by atoms with Crippen LogP contribution in [0.5, 0.6) is 5.75 Å². The van der Waals surface area contributed by atoms with E-state index < -0.39 is 0 Å². The van der Waals surface area contributed by atoms with Crippen molar-refractivity contribution in [1.29, 1.82) is 0 Å². The highest BCUT2D eigenvalue weighted by molar-refractivity contribution is 6.30. The maximum absolute atomic E-state index is 11.5. The Labute approximate surface area is 115 Å². The molecule has 19 heavy (non-hydrogen) atoms. The van der Waals surface area contributed by atoms with Crippen LogP contribution >= 0.6 is 11.6 Å². The van der Waals surface area contributed by atoms with E-state index in [1.807, 2.05) is 0 Å². The SMILES string of the molecule is CC(N)c1cc(=O)[nH]c(COc2cccc(Cl)c2)n1. The summed E-state index contributed by atoms with van der Waals surface area (Å²) in [5.74, 6) is 1.04. The summed E-state index contributed by atoms with van der Waals surface area (Å²) in [6.07, 6.45) is 0. The molecule has 0 radical (unpaired) electrons. The van der Waals surface area contributed by atoms with Crippen molar-refractivity contribution in [1.82, 2.24) is 9.97 Å². The fraction of sp³-hybridized carbons (Fsp3) is 0.231. The molecule has 3 N–H and O–H groups in total. The number of ether oxygens (including phenoxy) is 1. The minimum absolute atomic E-state index is 0.149. The molecule has 0 saturated heterocycles. The van der Waals surface area contributed by atoms with Gasteiger partial charge in [-0.3, -0.25) is 4.79 Å². The molecule has 0 bridgehead atoms. The van der Waals surface area contributed by atoms with Gasteiger partial charge in [-0.05, 0) is 25.1 Å². The van der Waals surface area contributed by atoms with Crippen molar-refractivity contribution >= 4 is 11.6 Å². The van der Waals surface area contributed by atoms with Crippen LogP contribution < -0.4 is 16.0 Å². The van der Waals surface area contributed by atoms with Crippen LogP contribution in [0.25, 0.3) is 0 Å². The lowest BCUT2D eigenvalue weighted by Crippen LogP contribution is -2.18. The van der Waals surface area contributed by atoms with Gasteiger partial charge in [0.15, 0.2) is 0 Å². The van der Waals surface area contributed by atoms with Gasteiger partial charge < -0.3 is 15.5 Å². The van der Waals surface area contributed by atoms with E-state index in [1.165, 1.54) is 6.07 Å². The van der Waals surface area contributed by atoms with E-state index in [2.05, 4.69) is 9.97 Å². The zero-order valence-electron chi connectivity index (χ0n) is 10.4. The molecule has 0 aliphatic rings. The second kappa shape index (κ2) is 5.86. The molecule has 1 aromatic carbocycles. The van der Waals surface area contributed by atoms with Crippen LogP contribution in [-0.4, -0.2) is 9.97 Å². The van der Waals surface area contributed by atoms with Gasteiger partial charge in [0.05, 0.1) is 5.69 Å². The lowest BCUT2D eigenvalue weighted by Gasteiger charge is -2.08. The summed E-state index contributed by atoms with van der Waals surface area (Å²) < 4.78 is 5.50. The van der Waals surface area contributed by atoms with Crippen LogP contribution in [0.15, 0.2) is 35.1 Å². The number of nitrogens with two attached hydrogens (primary N) is 1. The highest BCUT2D eigenvalue weighted by atomic mass is 35.5. The summed E-state index contributed by atoms with van der Waals surface area (Å²) in [6, 6.07) is 8.09. The van der Waals surface area contributed by atoms with Crippen molar-refractivity contribution in [2.24, 2.45) is 5.73 Å². The van der Waals surface area contributed by atoms with Crippen molar-refractivity contribution in [3.05, 3.63) is 57.2 Å². The number of benzene rings is 1. The van der Waals surface area contributed by atoms with E-state index >= 15 is 0 Å². The van der Waals surface area contributed by atoms with E-state index in [4.69, 9.17) is 22.1 Å². The first-order chi connectivity index (χ1) is 9.04. The van der Waals surface area contributed by atoms with Crippen molar-refractivity contribution in [2.75, 3.05) is 0 Å². The van der Waals surface area contributed by atoms with E-state index in [0.717, 1.165) is 0 Å². The third-order valence-electron chi connectivity index (χ3n) is 2.45. The molecule has 0 aliphatic heterocycles. The Balaban J connectivity index is 2.13. The van der Waals surface area contributed by atoms with Crippen molar-refractivity contribution in [3.8, 4) is 5.75 Å². The summed E-state index contributed by atoms with van der Waals surface area (Å²) in [5.41, 5.74) is 6.00. The summed E-state index contributed by atoms with van der Waals surface area (Å²) in [5, 5.41) is 0.586. The number of aromatic amines is 1. The molecular formula is C13H14ClN3O2. The molecule has 5 nitrogen and oxygen atoms in total. The lowest BCUT2D eigenvalue weighted by atomic mass is 10.2. The Hall–Kier alpha value is -1.85. The number of halogens is 1. The molecule has 1 aromatic heterocycles. The van der Waals surface area contributed by atoms with E-state index in [-0.39, 0.29) is 18.2 Å². The van der Waals surface area contributed by atoms with E-state index in [9.17, 15) is 4.79 Å². The van der Waals surface area contributed by atoms with Gasteiger partial charge in [-0.2, -0.15) is 0 Å². The smallest absolute Gasteiger partial charge is 0.251 e. The normalized spacial score (nSPS) is 12.2. The minimum Gasteiger partial charge on any atom is -0.486 e. The standard InChI is InChI=1S/C13H14ClN3O2/c1-8(15)11-6-13(18)17-12(16-11)7-19-10-4-2-3-9(14)5-10/h2-6,8H,7,15H2,1H3,(H,16,17,18). The first-order valence-electron chi connectivity index (χ1n) is 5.78. The first kappa shape index (κ1) is 13.6. The van der Waals surface area contributed by atoms with Gasteiger partial charge in [0.25, 0.3) is 5.56 Å². The maximum atomic E-state index is 11.5. The number of H-pyrrole nitrogens is 1. The third kappa shape index (κ3) is 3.81.